The number of aromatic nitrogens is 2. The molecule has 0 spiro atoms. The topological polar surface area (TPSA) is 51.4 Å². The van der Waals surface area contributed by atoms with Gasteiger partial charge in [0.05, 0.1) is 24.6 Å². The number of allylic oxidation sites excluding steroid dienone is 2. The van der Waals surface area contributed by atoms with Crippen LogP contribution in [-0.2, 0) is 18.2 Å². The van der Waals surface area contributed by atoms with Gasteiger partial charge in [0, 0.05) is 37.5 Å². The summed E-state index contributed by atoms with van der Waals surface area (Å²) in [7, 11) is 1.96. The number of ether oxygens (including phenoxy) is 1. The van der Waals surface area contributed by atoms with Crippen LogP contribution in [0.15, 0.2) is 52.8 Å². The second kappa shape index (κ2) is 8.32. The molecule has 3 heterocycles. The highest BCUT2D eigenvalue weighted by atomic mass is 16.5. The first-order valence-corrected chi connectivity index (χ1v) is 11.1. The summed E-state index contributed by atoms with van der Waals surface area (Å²) in [6.45, 7) is 5.79. The first-order chi connectivity index (χ1) is 14.7. The van der Waals surface area contributed by atoms with E-state index in [1.54, 1.807) is 0 Å². The molecule has 1 aromatic heterocycles. The van der Waals surface area contributed by atoms with Crippen LogP contribution in [0.2, 0.25) is 0 Å². The summed E-state index contributed by atoms with van der Waals surface area (Å²) in [5.41, 5.74) is 10.5. The van der Waals surface area contributed by atoms with E-state index in [2.05, 4.69) is 47.8 Å². The summed E-state index contributed by atoms with van der Waals surface area (Å²) in [5.74, 6) is 0. The van der Waals surface area contributed by atoms with E-state index in [0.29, 0.717) is 0 Å². The van der Waals surface area contributed by atoms with Gasteiger partial charge in [-0.15, -0.1) is 0 Å². The Balaban J connectivity index is 1.56. The Morgan fingerprint density at radius 2 is 2.20 bits per heavy atom. The molecule has 2 aromatic rings. The Labute approximate surface area is 178 Å². The lowest BCUT2D eigenvalue weighted by molar-refractivity contribution is 0.194. The van der Waals surface area contributed by atoms with Gasteiger partial charge in [-0.2, -0.15) is 5.10 Å². The van der Waals surface area contributed by atoms with Crippen molar-refractivity contribution in [1.29, 1.82) is 0 Å². The second-order valence-electron chi connectivity index (χ2n) is 8.61. The van der Waals surface area contributed by atoms with Crippen LogP contribution in [0.1, 0.15) is 37.3 Å². The smallest absolute Gasteiger partial charge is 0.0762 e. The molecule has 2 aliphatic heterocycles. The summed E-state index contributed by atoms with van der Waals surface area (Å²) in [6, 6.07) is 7.13. The number of fused-ring (bicyclic) bond motifs is 1. The zero-order chi connectivity index (χ0) is 20.5. The van der Waals surface area contributed by atoms with E-state index in [0.717, 1.165) is 52.0 Å². The summed E-state index contributed by atoms with van der Waals surface area (Å²) < 4.78 is 7.49. The molecule has 30 heavy (non-hydrogen) atoms. The third-order valence-corrected chi connectivity index (χ3v) is 6.45. The Bertz CT molecular complexity index is 1040. The van der Waals surface area contributed by atoms with E-state index in [1.807, 2.05) is 17.9 Å². The van der Waals surface area contributed by atoms with Crippen molar-refractivity contribution in [3.8, 4) is 11.1 Å². The van der Waals surface area contributed by atoms with Crippen LogP contribution in [0, 0.1) is 0 Å². The number of hydrogen-bond donors (Lipinski definition) is 1. The molecule has 0 radical (unpaired) electrons. The van der Waals surface area contributed by atoms with Gasteiger partial charge in [0.2, 0.25) is 0 Å². The quantitative estimate of drug-likeness (QED) is 0.788. The normalized spacial score (nSPS) is 22.3. The monoisotopic (exact) mass is 402 g/mol. The first-order valence-electron chi connectivity index (χ1n) is 11.1. The summed E-state index contributed by atoms with van der Waals surface area (Å²) in [4.78, 5) is 5.27. The third-order valence-electron chi connectivity index (χ3n) is 6.45. The van der Waals surface area contributed by atoms with Crippen molar-refractivity contribution in [2.45, 2.75) is 38.6 Å². The minimum absolute atomic E-state index is 0.267. The predicted molar refractivity (Wildman–Crippen MR) is 122 cm³/mol. The summed E-state index contributed by atoms with van der Waals surface area (Å²) in [6.07, 6.45) is 10.7. The molecule has 0 bridgehead atoms. The van der Waals surface area contributed by atoms with Gasteiger partial charge in [0.1, 0.15) is 0 Å². The minimum Gasteiger partial charge on any atom is -0.379 e. The Morgan fingerprint density at radius 3 is 2.97 bits per heavy atom. The van der Waals surface area contributed by atoms with Gasteiger partial charge < -0.3 is 10.1 Å². The van der Waals surface area contributed by atoms with Crippen molar-refractivity contribution in [3.63, 3.8) is 0 Å². The lowest BCUT2D eigenvalue weighted by Gasteiger charge is -2.26. The lowest BCUT2D eigenvalue weighted by atomic mass is 9.83. The van der Waals surface area contributed by atoms with Crippen molar-refractivity contribution in [2.75, 3.05) is 26.3 Å². The SMILES string of the molecule is CC1=C(C(=N[C@H]2CCOC2)C2=CCCc3cc(-c4cnn(C)c4)ccc32)CNCC1. The fourth-order valence-electron chi connectivity index (χ4n) is 4.71. The van der Waals surface area contributed by atoms with E-state index in [-0.39, 0.29) is 6.04 Å². The average Bonchev–Trinajstić information content (AvgIpc) is 3.44. The molecule has 5 nitrogen and oxygen atoms in total. The van der Waals surface area contributed by atoms with E-state index in [9.17, 15) is 0 Å². The van der Waals surface area contributed by atoms with Gasteiger partial charge in [0.15, 0.2) is 0 Å². The van der Waals surface area contributed by atoms with Crippen LogP contribution < -0.4 is 5.32 Å². The molecular formula is C25H30N4O. The molecule has 1 saturated heterocycles. The summed E-state index contributed by atoms with van der Waals surface area (Å²) in [5, 5.41) is 7.90. The van der Waals surface area contributed by atoms with Crippen molar-refractivity contribution in [1.82, 2.24) is 15.1 Å². The van der Waals surface area contributed by atoms with Gasteiger partial charge >= 0.3 is 0 Å². The summed E-state index contributed by atoms with van der Waals surface area (Å²) >= 11 is 0. The molecule has 1 N–H and O–H groups in total. The Morgan fingerprint density at radius 1 is 1.27 bits per heavy atom. The highest BCUT2D eigenvalue weighted by Crippen LogP contribution is 2.34. The number of nitrogens with one attached hydrogen (secondary N) is 1. The van der Waals surface area contributed by atoms with E-state index < -0.39 is 0 Å². The minimum atomic E-state index is 0.267. The molecule has 1 aliphatic carbocycles. The number of benzene rings is 1. The molecular weight excluding hydrogens is 372 g/mol. The Hall–Kier alpha value is -2.50. The van der Waals surface area contributed by atoms with Gasteiger partial charge in [0.25, 0.3) is 0 Å². The number of hydrogen-bond acceptors (Lipinski definition) is 4. The third kappa shape index (κ3) is 3.80. The maximum Gasteiger partial charge on any atom is 0.0762 e. The lowest BCUT2D eigenvalue weighted by Crippen LogP contribution is -2.30. The number of aryl methyl sites for hydroxylation is 2. The fraction of sp³-hybridized carbons (Fsp3) is 0.440. The van der Waals surface area contributed by atoms with Gasteiger partial charge in [-0.1, -0.05) is 29.8 Å². The highest BCUT2D eigenvalue weighted by molar-refractivity contribution is 6.32. The number of aliphatic imine (C=N–C) groups is 1. The van der Waals surface area contributed by atoms with Crippen LogP contribution in [0.4, 0.5) is 0 Å². The van der Waals surface area contributed by atoms with Gasteiger partial charge in [-0.25, -0.2) is 0 Å². The maximum absolute atomic E-state index is 5.63. The van der Waals surface area contributed by atoms with Crippen LogP contribution in [0.5, 0.6) is 0 Å². The van der Waals surface area contributed by atoms with E-state index in [1.165, 1.54) is 44.7 Å². The standard InChI is InChI=1S/C25H30N4O/c1-17-8-10-26-14-24(17)25(28-21-9-11-30-16-21)23-5-3-4-19-12-18(6-7-22(19)23)20-13-27-29(2)15-20/h5-7,12-13,15,21,26H,3-4,8-11,14,16H2,1-2H3/t21-/m0/s1. The zero-order valence-electron chi connectivity index (χ0n) is 17.9. The van der Waals surface area contributed by atoms with Gasteiger partial charge in [-0.05, 0) is 61.4 Å². The van der Waals surface area contributed by atoms with E-state index >= 15 is 0 Å². The largest absolute Gasteiger partial charge is 0.379 e. The van der Waals surface area contributed by atoms with E-state index in [4.69, 9.17) is 9.73 Å². The molecule has 0 amide bonds. The second-order valence-corrected chi connectivity index (χ2v) is 8.61. The molecule has 1 fully saturated rings. The van der Waals surface area contributed by atoms with Crippen LogP contribution in [-0.4, -0.2) is 47.8 Å². The number of nitrogens with zero attached hydrogens (tertiary/aromatic N) is 3. The van der Waals surface area contributed by atoms with Crippen LogP contribution >= 0.6 is 0 Å². The van der Waals surface area contributed by atoms with Crippen molar-refractivity contribution >= 4 is 11.3 Å². The molecule has 0 unspecified atom stereocenters. The molecule has 5 heteroatoms. The highest BCUT2D eigenvalue weighted by Gasteiger charge is 2.25. The molecule has 0 saturated carbocycles. The van der Waals surface area contributed by atoms with Crippen LogP contribution in [0.25, 0.3) is 16.7 Å². The van der Waals surface area contributed by atoms with Crippen molar-refractivity contribution in [3.05, 3.63) is 58.9 Å². The van der Waals surface area contributed by atoms with Gasteiger partial charge in [-0.3, -0.25) is 9.67 Å². The molecule has 156 valence electrons. The molecule has 3 aliphatic rings. The van der Waals surface area contributed by atoms with Crippen LogP contribution in [0.3, 0.4) is 0 Å². The molecule has 1 aromatic carbocycles. The zero-order valence-corrected chi connectivity index (χ0v) is 17.9. The molecule has 5 rings (SSSR count). The molecule has 1 atom stereocenters. The predicted octanol–water partition coefficient (Wildman–Crippen LogP) is 3.96. The first kappa shape index (κ1) is 19.5. The van der Waals surface area contributed by atoms with Crippen molar-refractivity contribution < 1.29 is 4.74 Å². The maximum atomic E-state index is 5.63. The average molecular weight is 403 g/mol. The number of rotatable bonds is 4. The Kier molecular flexibility index (Phi) is 5.40. The fourth-order valence-corrected chi connectivity index (χ4v) is 4.71. The van der Waals surface area contributed by atoms with Crippen molar-refractivity contribution in [2.24, 2.45) is 12.0 Å².